The summed E-state index contributed by atoms with van der Waals surface area (Å²) in [6.07, 6.45) is 0.727. The molecule has 2 aromatic rings. The molecule has 0 saturated carbocycles. The Morgan fingerprint density at radius 2 is 2.11 bits per heavy atom. The number of hydrogen-bond acceptors (Lipinski definition) is 3. The topological polar surface area (TPSA) is 50.3 Å². The number of aromatic nitrogens is 1. The van der Waals surface area contributed by atoms with Crippen LogP contribution in [0.1, 0.15) is 17.7 Å². The summed E-state index contributed by atoms with van der Waals surface area (Å²) in [5.41, 5.74) is 2.88. The molecular formula is C14H16N2O2S. The van der Waals surface area contributed by atoms with E-state index in [4.69, 9.17) is 0 Å². The highest BCUT2D eigenvalue weighted by molar-refractivity contribution is 7.89. The highest BCUT2D eigenvalue weighted by Gasteiger charge is 2.28. The van der Waals surface area contributed by atoms with Crippen LogP contribution in [-0.2, 0) is 16.6 Å². The molecule has 1 saturated heterocycles. The van der Waals surface area contributed by atoms with Crippen molar-refractivity contribution < 1.29 is 8.42 Å². The Balaban J connectivity index is 2.05. The molecule has 1 aromatic heterocycles. The van der Waals surface area contributed by atoms with Crippen LogP contribution in [0, 0.1) is 6.92 Å². The van der Waals surface area contributed by atoms with Gasteiger partial charge in [0.05, 0.1) is 11.3 Å². The minimum absolute atomic E-state index is 0.273. The molecule has 0 unspecified atom stereocenters. The Morgan fingerprint density at radius 1 is 1.32 bits per heavy atom. The van der Waals surface area contributed by atoms with Gasteiger partial charge in [-0.1, -0.05) is 18.2 Å². The third kappa shape index (κ3) is 2.35. The first kappa shape index (κ1) is 12.6. The number of para-hydroxylation sites is 1. The molecule has 1 aliphatic heterocycles. The maximum Gasteiger partial charge on any atom is 0.214 e. The molecule has 0 aliphatic carbocycles. The van der Waals surface area contributed by atoms with Crippen molar-refractivity contribution in [2.45, 2.75) is 19.9 Å². The molecule has 3 rings (SSSR count). The normalized spacial score (nSPS) is 19.0. The SMILES string of the molecule is Cc1cc(CN2CCCS2(=O)=O)c2ccccc2n1. The third-order valence-electron chi connectivity index (χ3n) is 3.48. The second kappa shape index (κ2) is 4.58. The van der Waals surface area contributed by atoms with Crippen LogP contribution in [0.5, 0.6) is 0 Å². The smallest absolute Gasteiger partial charge is 0.214 e. The number of fused-ring (bicyclic) bond motifs is 1. The Kier molecular flexibility index (Phi) is 3.03. The van der Waals surface area contributed by atoms with Gasteiger partial charge >= 0.3 is 0 Å². The van der Waals surface area contributed by atoms with Crippen molar-refractivity contribution in [3.63, 3.8) is 0 Å². The molecule has 0 atom stereocenters. The third-order valence-corrected chi connectivity index (χ3v) is 5.38. The molecule has 0 spiro atoms. The van der Waals surface area contributed by atoms with Crippen molar-refractivity contribution in [1.82, 2.24) is 9.29 Å². The monoisotopic (exact) mass is 276 g/mol. The predicted molar refractivity (Wildman–Crippen MR) is 75.3 cm³/mol. The minimum atomic E-state index is -3.05. The zero-order valence-corrected chi connectivity index (χ0v) is 11.7. The van der Waals surface area contributed by atoms with Crippen molar-refractivity contribution in [3.8, 4) is 0 Å². The van der Waals surface area contributed by atoms with Gasteiger partial charge in [-0.3, -0.25) is 4.98 Å². The molecule has 0 radical (unpaired) electrons. The lowest BCUT2D eigenvalue weighted by Crippen LogP contribution is -2.25. The lowest BCUT2D eigenvalue weighted by Gasteiger charge is -2.16. The Labute approximate surface area is 113 Å². The summed E-state index contributed by atoms with van der Waals surface area (Å²) in [6, 6.07) is 9.85. The van der Waals surface area contributed by atoms with Gasteiger partial charge in [0, 0.05) is 24.2 Å². The van der Waals surface area contributed by atoms with Crippen LogP contribution < -0.4 is 0 Å². The fraction of sp³-hybridized carbons (Fsp3) is 0.357. The van der Waals surface area contributed by atoms with Crippen LogP contribution in [0.4, 0.5) is 0 Å². The van der Waals surface area contributed by atoms with Gasteiger partial charge < -0.3 is 0 Å². The van der Waals surface area contributed by atoms with Gasteiger partial charge in [-0.05, 0) is 31.0 Å². The van der Waals surface area contributed by atoms with Crippen LogP contribution in [0.15, 0.2) is 30.3 Å². The summed E-state index contributed by atoms with van der Waals surface area (Å²) in [5, 5.41) is 1.04. The van der Waals surface area contributed by atoms with E-state index in [0.717, 1.165) is 28.6 Å². The molecule has 5 heteroatoms. The van der Waals surface area contributed by atoms with Crippen LogP contribution >= 0.6 is 0 Å². The molecule has 4 nitrogen and oxygen atoms in total. The highest BCUT2D eigenvalue weighted by atomic mass is 32.2. The van der Waals surface area contributed by atoms with Crippen LogP contribution in [0.25, 0.3) is 10.9 Å². The van der Waals surface area contributed by atoms with E-state index in [-0.39, 0.29) is 5.75 Å². The molecule has 0 N–H and O–H groups in total. The van der Waals surface area contributed by atoms with Crippen molar-refractivity contribution in [3.05, 3.63) is 41.6 Å². The average Bonchev–Trinajstić information content (AvgIpc) is 2.68. The van der Waals surface area contributed by atoms with E-state index in [1.807, 2.05) is 37.3 Å². The molecule has 1 fully saturated rings. The lowest BCUT2D eigenvalue weighted by atomic mass is 10.1. The standard InChI is InChI=1S/C14H16N2O2S/c1-11-9-12(10-16-7-4-8-19(16,17)18)13-5-2-3-6-14(13)15-11/h2-3,5-6,9H,4,7-8,10H2,1H3. The van der Waals surface area contributed by atoms with Crippen LogP contribution in [-0.4, -0.2) is 30.0 Å². The molecule has 2 heterocycles. The van der Waals surface area contributed by atoms with Gasteiger partial charge in [0.1, 0.15) is 0 Å². The average molecular weight is 276 g/mol. The maximum atomic E-state index is 11.9. The van der Waals surface area contributed by atoms with Crippen molar-refractivity contribution in [2.24, 2.45) is 0 Å². The number of sulfonamides is 1. The van der Waals surface area contributed by atoms with Gasteiger partial charge in [0.2, 0.25) is 10.0 Å². The number of pyridine rings is 1. The number of hydrogen-bond donors (Lipinski definition) is 0. The number of benzene rings is 1. The van der Waals surface area contributed by atoms with Gasteiger partial charge in [-0.25, -0.2) is 8.42 Å². The Bertz CT molecular complexity index is 725. The van der Waals surface area contributed by atoms with Crippen LogP contribution in [0.2, 0.25) is 0 Å². The summed E-state index contributed by atoms with van der Waals surface area (Å²) in [5.74, 6) is 0.273. The zero-order valence-electron chi connectivity index (χ0n) is 10.8. The van der Waals surface area contributed by atoms with E-state index in [2.05, 4.69) is 4.98 Å². The number of nitrogens with zero attached hydrogens (tertiary/aromatic N) is 2. The molecule has 0 bridgehead atoms. The van der Waals surface area contributed by atoms with Crippen molar-refractivity contribution >= 4 is 20.9 Å². The first-order valence-corrected chi connectivity index (χ1v) is 8.00. The largest absolute Gasteiger partial charge is 0.253 e. The van der Waals surface area contributed by atoms with E-state index >= 15 is 0 Å². The first-order chi connectivity index (χ1) is 9.06. The van der Waals surface area contributed by atoms with E-state index in [9.17, 15) is 8.42 Å². The second-order valence-electron chi connectivity index (χ2n) is 4.94. The fourth-order valence-electron chi connectivity index (χ4n) is 2.58. The summed E-state index contributed by atoms with van der Waals surface area (Å²) >= 11 is 0. The van der Waals surface area contributed by atoms with Crippen molar-refractivity contribution in [1.29, 1.82) is 0 Å². The number of aryl methyl sites for hydroxylation is 1. The first-order valence-electron chi connectivity index (χ1n) is 6.39. The van der Waals surface area contributed by atoms with E-state index in [1.165, 1.54) is 0 Å². The summed E-state index contributed by atoms with van der Waals surface area (Å²) in [6.45, 7) is 3.01. The van der Waals surface area contributed by atoms with E-state index in [1.54, 1.807) is 4.31 Å². The molecule has 1 aromatic carbocycles. The summed E-state index contributed by atoms with van der Waals surface area (Å²) in [7, 11) is -3.05. The fourth-order valence-corrected chi connectivity index (χ4v) is 4.08. The zero-order chi connectivity index (χ0) is 13.5. The molecule has 19 heavy (non-hydrogen) atoms. The quantitative estimate of drug-likeness (QED) is 0.844. The molecule has 1 aliphatic rings. The lowest BCUT2D eigenvalue weighted by molar-refractivity contribution is 0.441. The molecule has 100 valence electrons. The Hall–Kier alpha value is -1.46. The highest BCUT2D eigenvalue weighted by Crippen LogP contribution is 2.23. The Morgan fingerprint density at radius 3 is 2.84 bits per heavy atom. The van der Waals surface area contributed by atoms with Gasteiger partial charge in [0.25, 0.3) is 0 Å². The minimum Gasteiger partial charge on any atom is -0.253 e. The summed E-state index contributed by atoms with van der Waals surface area (Å²) < 4.78 is 25.4. The predicted octanol–water partition coefficient (Wildman–Crippen LogP) is 2.08. The van der Waals surface area contributed by atoms with Gasteiger partial charge in [0.15, 0.2) is 0 Å². The van der Waals surface area contributed by atoms with Crippen molar-refractivity contribution in [2.75, 3.05) is 12.3 Å². The maximum absolute atomic E-state index is 11.9. The van der Waals surface area contributed by atoms with Gasteiger partial charge in [-0.15, -0.1) is 0 Å². The van der Waals surface area contributed by atoms with Gasteiger partial charge in [-0.2, -0.15) is 4.31 Å². The van der Waals surface area contributed by atoms with E-state index in [0.29, 0.717) is 13.1 Å². The summed E-state index contributed by atoms with van der Waals surface area (Å²) in [4.78, 5) is 4.48. The number of rotatable bonds is 2. The molecular weight excluding hydrogens is 260 g/mol. The van der Waals surface area contributed by atoms with Crippen LogP contribution in [0.3, 0.4) is 0 Å². The molecule has 0 amide bonds. The second-order valence-corrected chi connectivity index (χ2v) is 7.03. The van der Waals surface area contributed by atoms with E-state index < -0.39 is 10.0 Å².